The minimum absolute atomic E-state index is 0.0828. The Bertz CT molecular complexity index is 426. The van der Waals surface area contributed by atoms with Gasteiger partial charge in [0.05, 0.1) is 0 Å². The highest BCUT2D eigenvalue weighted by molar-refractivity contribution is 5.55. The summed E-state index contributed by atoms with van der Waals surface area (Å²) in [4.78, 5) is 1.89. The first-order valence-electron chi connectivity index (χ1n) is 4.73. The third kappa shape index (κ3) is 1.90. The maximum absolute atomic E-state index is 5.38. The molecule has 2 N–H and O–H groups in total. The van der Waals surface area contributed by atoms with Crippen molar-refractivity contribution in [3.63, 3.8) is 0 Å². The van der Waals surface area contributed by atoms with Gasteiger partial charge in [0, 0.05) is 12.2 Å². The second-order valence-corrected chi connectivity index (χ2v) is 3.00. The molecule has 0 radical (unpaired) electrons. The molecule has 0 fully saturated rings. The number of nitrogens with two attached hydrogens (primary N) is 1. The van der Waals surface area contributed by atoms with Crippen LogP contribution >= 0.6 is 0 Å². The molecule has 0 unspecified atom stereocenters. The van der Waals surface area contributed by atoms with E-state index < -0.39 is 0 Å². The van der Waals surface area contributed by atoms with Crippen LogP contribution in [0.15, 0.2) is 34.7 Å². The van der Waals surface area contributed by atoms with Gasteiger partial charge in [0.25, 0.3) is 0 Å². The molecule has 0 saturated heterocycles. The number of hydrogen-bond acceptors (Lipinski definition) is 5. The Morgan fingerprint density at radius 2 is 2.00 bits per heavy atom. The molecule has 1 heterocycles. The first-order valence-corrected chi connectivity index (χ1v) is 4.73. The first-order chi connectivity index (χ1) is 7.31. The van der Waals surface area contributed by atoms with E-state index in [2.05, 4.69) is 10.2 Å². The largest absolute Gasteiger partial charge is 0.389 e. The van der Waals surface area contributed by atoms with E-state index in [1.165, 1.54) is 0 Å². The number of hydrogen-bond donors (Lipinski definition) is 1. The van der Waals surface area contributed by atoms with Gasteiger partial charge in [-0.15, -0.1) is 0 Å². The molecule has 1 aromatic carbocycles. The van der Waals surface area contributed by atoms with Crippen LogP contribution in [0.2, 0.25) is 0 Å². The van der Waals surface area contributed by atoms with Crippen molar-refractivity contribution >= 4 is 17.7 Å². The number of nitrogen functional groups attached to an aromatic ring is 1. The predicted molar refractivity (Wildman–Crippen MR) is 57.8 cm³/mol. The molecule has 2 rings (SSSR count). The van der Waals surface area contributed by atoms with E-state index in [1.807, 2.05) is 42.2 Å². The van der Waals surface area contributed by atoms with Gasteiger partial charge < -0.3 is 10.2 Å². The molecule has 1 aromatic heterocycles. The molecule has 0 aliphatic heterocycles. The summed E-state index contributed by atoms with van der Waals surface area (Å²) in [6.45, 7) is 2.75. The van der Waals surface area contributed by atoms with Gasteiger partial charge in [-0.3, -0.25) is 4.90 Å². The highest BCUT2D eigenvalue weighted by Gasteiger charge is 2.12. The Morgan fingerprint density at radius 1 is 1.27 bits per heavy atom. The van der Waals surface area contributed by atoms with Crippen molar-refractivity contribution in [2.24, 2.45) is 0 Å². The minimum atomic E-state index is 0.0828. The summed E-state index contributed by atoms with van der Waals surface area (Å²) < 4.78 is 5.17. The van der Waals surface area contributed by atoms with Crippen molar-refractivity contribution in [3.05, 3.63) is 30.3 Å². The molecule has 78 valence electrons. The Hall–Kier alpha value is -2.04. The molecule has 0 aliphatic rings. The summed E-state index contributed by atoms with van der Waals surface area (Å²) in [5, 5.41) is 7.48. The molecule has 15 heavy (non-hydrogen) atoms. The van der Waals surface area contributed by atoms with Crippen LogP contribution in [0.3, 0.4) is 0 Å². The molecule has 0 aliphatic carbocycles. The number of benzene rings is 1. The summed E-state index contributed by atoms with van der Waals surface area (Å²) in [6, 6.07) is 10.3. The quantitative estimate of drug-likeness (QED) is 0.825. The summed E-state index contributed by atoms with van der Waals surface area (Å²) >= 11 is 0. The molecule has 2 aromatic rings. The van der Waals surface area contributed by atoms with Gasteiger partial charge in [0.15, 0.2) is 0 Å². The van der Waals surface area contributed by atoms with Crippen molar-refractivity contribution in [1.29, 1.82) is 0 Å². The standard InChI is InChI=1S/C10H12N4O/c1-2-14(8-6-4-3-5-7-8)10-13-12-9(11)15-10/h3-7H,2H2,1H3,(H2,11,12). The highest BCUT2D eigenvalue weighted by atomic mass is 16.4. The zero-order valence-electron chi connectivity index (χ0n) is 8.42. The molecule has 0 amide bonds. The van der Waals surface area contributed by atoms with Crippen LogP contribution < -0.4 is 10.6 Å². The van der Waals surface area contributed by atoms with Gasteiger partial charge in [-0.05, 0) is 19.1 Å². The highest BCUT2D eigenvalue weighted by Crippen LogP contribution is 2.23. The Balaban J connectivity index is 2.33. The Morgan fingerprint density at radius 3 is 2.53 bits per heavy atom. The first kappa shape index (κ1) is 9.51. The molecule has 0 atom stereocenters. The molecule has 5 nitrogen and oxygen atoms in total. The fourth-order valence-electron chi connectivity index (χ4n) is 1.37. The summed E-state index contributed by atoms with van der Waals surface area (Å²) in [5.74, 6) is 0. The maximum atomic E-state index is 5.38. The average molecular weight is 204 g/mol. The van der Waals surface area contributed by atoms with E-state index in [-0.39, 0.29) is 6.01 Å². The van der Waals surface area contributed by atoms with Gasteiger partial charge in [0.2, 0.25) is 0 Å². The summed E-state index contributed by atoms with van der Waals surface area (Å²) in [7, 11) is 0. The van der Waals surface area contributed by atoms with Crippen molar-refractivity contribution < 1.29 is 4.42 Å². The summed E-state index contributed by atoms with van der Waals surface area (Å²) in [6.07, 6.45) is 0. The van der Waals surface area contributed by atoms with Crippen molar-refractivity contribution in [2.75, 3.05) is 17.2 Å². The number of rotatable bonds is 3. The predicted octanol–water partition coefficient (Wildman–Crippen LogP) is 1.81. The van der Waals surface area contributed by atoms with Gasteiger partial charge in [-0.25, -0.2) is 0 Å². The van der Waals surface area contributed by atoms with E-state index in [9.17, 15) is 0 Å². The maximum Gasteiger partial charge on any atom is 0.324 e. The van der Waals surface area contributed by atoms with E-state index in [0.717, 1.165) is 12.2 Å². The Kier molecular flexibility index (Phi) is 2.53. The van der Waals surface area contributed by atoms with Gasteiger partial charge in [-0.2, -0.15) is 0 Å². The van der Waals surface area contributed by atoms with E-state index in [1.54, 1.807) is 0 Å². The van der Waals surface area contributed by atoms with Crippen molar-refractivity contribution in [3.8, 4) is 0 Å². The van der Waals surface area contributed by atoms with Gasteiger partial charge in [0.1, 0.15) is 0 Å². The molecular weight excluding hydrogens is 192 g/mol. The number of nitrogens with zero attached hydrogens (tertiary/aromatic N) is 3. The normalized spacial score (nSPS) is 10.2. The zero-order valence-corrected chi connectivity index (χ0v) is 8.42. The SMILES string of the molecule is CCN(c1ccccc1)c1nnc(N)o1. The smallest absolute Gasteiger partial charge is 0.324 e. The molecule has 0 saturated carbocycles. The van der Waals surface area contributed by atoms with Gasteiger partial charge in [-0.1, -0.05) is 28.4 Å². The molecule has 0 bridgehead atoms. The lowest BCUT2D eigenvalue weighted by atomic mass is 10.3. The topological polar surface area (TPSA) is 68.2 Å². The zero-order chi connectivity index (χ0) is 10.7. The van der Waals surface area contributed by atoms with Crippen molar-refractivity contribution in [1.82, 2.24) is 10.2 Å². The van der Waals surface area contributed by atoms with E-state index in [0.29, 0.717) is 6.01 Å². The van der Waals surface area contributed by atoms with Crippen LogP contribution in [0.1, 0.15) is 6.92 Å². The molecule has 5 heteroatoms. The fraction of sp³-hybridized carbons (Fsp3) is 0.200. The number of anilines is 3. The van der Waals surface area contributed by atoms with E-state index in [4.69, 9.17) is 10.2 Å². The fourth-order valence-corrected chi connectivity index (χ4v) is 1.37. The molecular formula is C10H12N4O. The van der Waals surface area contributed by atoms with Crippen LogP contribution in [0, 0.1) is 0 Å². The van der Waals surface area contributed by atoms with Crippen molar-refractivity contribution in [2.45, 2.75) is 6.92 Å². The lowest BCUT2D eigenvalue weighted by Crippen LogP contribution is -2.16. The van der Waals surface area contributed by atoms with Crippen LogP contribution in [0.4, 0.5) is 17.7 Å². The monoisotopic (exact) mass is 204 g/mol. The third-order valence-electron chi connectivity index (χ3n) is 2.04. The average Bonchev–Trinajstić information content (AvgIpc) is 2.68. The number of para-hydroxylation sites is 1. The van der Waals surface area contributed by atoms with Crippen LogP contribution in [-0.4, -0.2) is 16.7 Å². The summed E-state index contributed by atoms with van der Waals surface area (Å²) in [5.41, 5.74) is 6.39. The van der Waals surface area contributed by atoms with Crippen LogP contribution in [0.25, 0.3) is 0 Å². The van der Waals surface area contributed by atoms with Crippen LogP contribution in [0.5, 0.6) is 0 Å². The van der Waals surface area contributed by atoms with Gasteiger partial charge >= 0.3 is 12.0 Å². The second kappa shape index (κ2) is 4.00. The van der Waals surface area contributed by atoms with Crippen LogP contribution in [-0.2, 0) is 0 Å². The minimum Gasteiger partial charge on any atom is -0.389 e. The lowest BCUT2D eigenvalue weighted by molar-refractivity contribution is 0.570. The lowest BCUT2D eigenvalue weighted by Gasteiger charge is -2.17. The third-order valence-corrected chi connectivity index (χ3v) is 2.04. The second-order valence-electron chi connectivity index (χ2n) is 3.00. The Labute approximate surface area is 87.5 Å². The van der Waals surface area contributed by atoms with E-state index >= 15 is 0 Å². The number of aromatic nitrogens is 2. The molecule has 0 spiro atoms.